The van der Waals surface area contributed by atoms with Gasteiger partial charge in [0.2, 0.25) is 5.60 Å². The number of halogens is 1. The summed E-state index contributed by atoms with van der Waals surface area (Å²) in [5.41, 5.74) is -1.58. The molecule has 1 aromatic rings. The number of allylic oxidation sites excluding steroid dienone is 1. The van der Waals surface area contributed by atoms with Gasteiger partial charge in [-0.3, -0.25) is 4.79 Å². The van der Waals surface area contributed by atoms with E-state index in [9.17, 15) is 14.7 Å². The second kappa shape index (κ2) is 6.54. The fourth-order valence-electron chi connectivity index (χ4n) is 2.42. The minimum Gasteiger partial charge on any atom is -0.463 e. The Morgan fingerprint density at radius 1 is 1.38 bits per heavy atom. The first-order chi connectivity index (χ1) is 10.00. The van der Waals surface area contributed by atoms with Crippen molar-refractivity contribution >= 4 is 27.7 Å². The molecule has 2 rings (SSSR count). The van der Waals surface area contributed by atoms with E-state index in [-0.39, 0.29) is 18.0 Å². The molecule has 0 radical (unpaired) electrons. The molecular formula is C16H17BrO4. The number of hydrogen-bond acceptors (Lipinski definition) is 4. The molecular weight excluding hydrogens is 336 g/mol. The number of hydrogen-bond donors (Lipinski definition) is 1. The molecule has 1 aliphatic carbocycles. The molecule has 0 heterocycles. The monoisotopic (exact) mass is 352 g/mol. The van der Waals surface area contributed by atoms with Crippen molar-refractivity contribution in [1.82, 2.24) is 0 Å². The number of ether oxygens (including phenoxy) is 1. The van der Waals surface area contributed by atoms with Crippen molar-refractivity contribution in [2.75, 3.05) is 6.61 Å². The molecule has 0 amide bonds. The molecule has 0 bridgehead atoms. The van der Waals surface area contributed by atoms with Crippen molar-refractivity contribution in [2.24, 2.45) is 0 Å². The number of carbonyl (C=O) groups excluding carboxylic acids is 2. The van der Waals surface area contributed by atoms with Crippen molar-refractivity contribution in [3.8, 4) is 0 Å². The molecule has 1 aromatic carbocycles. The Balaban J connectivity index is 2.53. The number of benzene rings is 1. The van der Waals surface area contributed by atoms with Crippen LogP contribution in [-0.2, 0) is 19.9 Å². The molecule has 0 aliphatic heterocycles. The van der Waals surface area contributed by atoms with Crippen LogP contribution >= 0.6 is 15.9 Å². The molecule has 4 nitrogen and oxygen atoms in total. The third-order valence-corrected chi connectivity index (χ3v) is 4.01. The summed E-state index contributed by atoms with van der Waals surface area (Å²) in [6.45, 7) is 1.80. The topological polar surface area (TPSA) is 63.6 Å². The highest BCUT2D eigenvalue weighted by atomic mass is 79.9. The number of esters is 1. The SMILES string of the molecule is CCOC(=O)C(O)(C1=CCCCC1=O)c1ccc(Br)cc1. The van der Waals surface area contributed by atoms with Gasteiger partial charge in [-0.25, -0.2) is 4.79 Å². The molecule has 0 fully saturated rings. The van der Waals surface area contributed by atoms with Gasteiger partial charge >= 0.3 is 5.97 Å². The summed E-state index contributed by atoms with van der Waals surface area (Å²) in [6, 6.07) is 6.66. The molecule has 0 spiro atoms. The largest absolute Gasteiger partial charge is 0.463 e. The van der Waals surface area contributed by atoms with E-state index in [1.54, 1.807) is 37.3 Å². The average molecular weight is 353 g/mol. The summed E-state index contributed by atoms with van der Waals surface area (Å²) < 4.78 is 5.82. The van der Waals surface area contributed by atoms with Gasteiger partial charge in [0.05, 0.1) is 6.61 Å². The minimum absolute atomic E-state index is 0.120. The summed E-state index contributed by atoms with van der Waals surface area (Å²) in [5, 5.41) is 11.0. The fourth-order valence-corrected chi connectivity index (χ4v) is 2.68. The summed E-state index contributed by atoms with van der Waals surface area (Å²) >= 11 is 3.31. The van der Waals surface area contributed by atoms with E-state index in [0.717, 1.165) is 10.9 Å². The normalized spacial score (nSPS) is 17.9. The first-order valence-corrected chi connectivity index (χ1v) is 7.69. The van der Waals surface area contributed by atoms with Gasteiger partial charge in [0.15, 0.2) is 5.78 Å². The van der Waals surface area contributed by atoms with Crippen LogP contribution in [0.5, 0.6) is 0 Å². The smallest absolute Gasteiger partial charge is 0.347 e. The molecule has 1 unspecified atom stereocenters. The Morgan fingerprint density at radius 2 is 2.05 bits per heavy atom. The van der Waals surface area contributed by atoms with Gasteiger partial charge in [0.25, 0.3) is 0 Å². The highest BCUT2D eigenvalue weighted by Gasteiger charge is 2.46. The maximum Gasteiger partial charge on any atom is 0.347 e. The average Bonchev–Trinajstić information content (AvgIpc) is 2.48. The van der Waals surface area contributed by atoms with Crippen molar-refractivity contribution in [1.29, 1.82) is 0 Å². The lowest BCUT2D eigenvalue weighted by Gasteiger charge is -2.30. The van der Waals surface area contributed by atoms with Gasteiger partial charge in [-0.2, -0.15) is 0 Å². The molecule has 1 aliphatic rings. The van der Waals surface area contributed by atoms with E-state index < -0.39 is 11.6 Å². The third kappa shape index (κ3) is 3.09. The maximum absolute atomic E-state index is 12.3. The van der Waals surface area contributed by atoms with Crippen molar-refractivity contribution < 1.29 is 19.4 Å². The standard InChI is InChI=1S/C16H17BrO4/c1-2-21-15(19)16(20,11-7-9-12(17)10-8-11)13-5-3-4-6-14(13)18/h5,7-10,20H,2-4,6H2,1H3. The van der Waals surface area contributed by atoms with E-state index in [2.05, 4.69) is 15.9 Å². The van der Waals surface area contributed by atoms with Crippen LogP contribution in [0.15, 0.2) is 40.4 Å². The van der Waals surface area contributed by atoms with Crippen LogP contribution < -0.4 is 0 Å². The van der Waals surface area contributed by atoms with Crippen LogP contribution in [0.2, 0.25) is 0 Å². The van der Waals surface area contributed by atoms with Crippen LogP contribution in [0.4, 0.5) is 0 Å². The van der Waals surface area contributed by atoms with Crippen molar-refractivity contribution in [3.63, 3.8) is 0 Å². The first kappa shape index (κ1) is 15.9. The number of ketones is 1. The number of aliphatic hydroxyl groups is 1. The predicted octanol–water partition coefficient (Wildman–Crippen LogP) is 2.88. The summed E-state index contributed by atoms with van der Waals surface area (Å²) in [7, 11) is 0. The molecule has 0 saturated heterocycles. The third-order valence-electron chi connectivity index (χ3n) is 3.48. The van der Waals surface area contributed by atoms with E-state index in [0.29, 0.717) is 18.4 Å². The lowest BCUT2D eigenvalue weighted by molar-refractivity contribution is -0.163. The molecule has 5 heteroatoms. The maximum atomic E-state index is 12.3. The quantitative estimate of drug-likeness (QED) is 0.846. The van der Waals surface area contributed by atoms with Gasteiger partial charge in [-0.15, -0.1) is 0 Å². The van der Waals surface area contributed by atoms with Crippen LogP contribution in [-0.4, -0.2) is 23.5 Å². The van der Waals surface area contributed by atoms with Crippen LogP contribution in [0.1, 0.15) is 31.7 Å². The molecule has 0 aromatic heterocycles. The number of carbonyl (C=O) groups is 2. The van der Waals surface area contributed by atoms with Gasteiger partial charge in [-0.05, 0) is 37.5 Å². The summed E-state index contributed by atoms with van der Waals surface area (Å²) in [4.78, 5) is 24.5. The highest BCUT2D eigenvalue weighted by Crippen LogP contribution is 2.35. The summed E-state index contributed by atoms with van der Waals surface area (Å²) in [6.07, 6.45) is 3.38. The Hall–Kier alpha value is -1.46. The lowest BCUT2D eigenvalue weighted by atomic mass is 9.80. The fraction of sp³-hybridized carbons (Fsp3) is 0.375. The zero-order valence-corrected chi connectivity index (χ0v) is 13.4. The molecule has 112 valence electrons. The molecule has 1 N–H and O–H groups in total. The van der Waals surface area contributed by atoms with Crippen molar-refractivity contribution in [2.45, 2.75) is 31.8 Å². The zero-order chi connectivity index (χ0) is 15.5. The minimum atomic E-state index is -2.03. The Kier molecular flexibility index (Phi) is 4.96. The predicted molar refractivity (Wildman–Crippen MR) is 81.6 cm³/mol. The van der Waals surface area contributed by atoms with Crippen LogP contribution in [0, 0.1) is 0 Å². The highest BCUT2D eigenvalue weighted by molar-refractivity contribution is 9.10. The lowest BCUT2D eigenvalue weighted by Crippen LogP contribution is -2.42. The van der Waals surface area contributed by atoms with Gasteiger partial charge in [0.1, 0.15) is 0 Å². The van der Waals surface area contributed by atoms with Gasteiger partial charge in [0, 0.05) is 16.5 Å². The summed E-state index contributed by atoms with van der Waals surface area (Å²) in [5.74, 6) is -1.02. The molecule has 1 atom stereocenters. The second-order valence-electron chi connectivity index (χ2n) is 4.87. The Labute approximate surface area is 131 Å². The first-order valence-electron chi connectivity index (χ1n) is 6.89. The Morgan fingerprint density at radius 3 is 2.62 bits per heavy atom. The van der Waals surface area contributed by atoms with E-state index in [1.165, 1.54) is 0 Å². The molecule has 0 saturated carbocycles. The second-order valence-corrected chi connectivity index (χ2v) is 5.79. The van der Waals surface area contributed by atoms with E-state index in [4.69, 9.17) is 4.74 Å². The number of rotatable bonds is 4. The molecule has 21 heavy (non-hydrogen) atoms. The van der Waals surface area contributed by atoms with Crippen LogP contribution in [0.3, 0.4) is 0 Å². The Bertz CT molecular complexity index is 576. The van der Waals surface area contributed by atoms with E-state index >= 15 is 0 Å². The van der Waals surface area contributed by atoms with Crippen molar-refractivity contribution in [3.05, 3.63) is 46.0 Å². The van der Waals surface area contributed by atoms with Crippen LogP contribution in [0.25, 0.3) is 0 Å². The van der Waals surface area contributed by atoms with Gasteiger partial charge in [-0.1, -0.05) is 34.1 Å². The van der Waals surface area contributed by atoms with E-state index in [1.807, 2.05) is 0 Å². The zero-order valence-electron chi connectivity index (χ0n) is 11.8. The van der Waals surface area contributed by atoms with Gasteiger partial charge < -0.3 is 9.84 Å². The number of Topliss-reactive ketones (excluding diaryl/α,β-unsaturated/α-hetero) is 1.